The molecule has 118 valence electrons. The zero-order valence-corrected chi connectivity index (χ0v) is 13.9. The Hall–Kier alpha value is -2.40. The first-order chi connectivity index (χ1) is 11.3. The molecule has 3 rings (SSSR count). The highest BCUT2D eigenvalue weighted by atomic mass is 32.1. The summed E-state index contributed by atoms with van der Waals surface area (Å²) in [5, 5.41) is 7.56. The van der Waals surface area contributed by atoms with Crippen LogP contribution in [0, 0.1) is 0 Å². The predicted octanol–water partition coefficient (Wildman–Crippen LogP) is 4.64. The molecule has 0 unspecified atom stereocenters. The standard InChI is InChI=1S/C18H20N4S/c1-2-12-19-16-10-8-14(9-11-16)13-20-18-21-17(22-23-18)15-6-4-3-5-7-15/h3-11,19H,2,12-13H2,1H3,(H,20,21,22). The maximum Gasteiger partial charge on any atom is 0.203 e. The minimum Gasteiger partial charge on any atom is -0.385 e. The average molecular weight is 324 g/mol. The van der Waals surface area contributed by atoms with Crippen molar-refractivity contribution in [2.24, 2.45) is 0 Å². The van der Waals surface area contributed by atoms with Crippen LogP contribution in [0.25, 0.3) is 11.4 Å². The van der Waals surface area contributed by atoms with Crippen LogP contribution < -0.4 is 10.6 Å². The second-order valence-corrected chi connectivity index (χ2v) is 6.02. The van der Waals surface area contributed by atoms with E-state index in [9.17, 15) is 0 Å². The minimum atomic E-state index is 0.748. The van der Waals surface area contributed by atoms with Crippen LogP contribution in [0.1, 0.15) is 18.9 Å². The van der Waals surface area contributed by atoms with E-state index < -0.39 is 0 Å². The van der Waals surface area contributed by atoms with E-state index in [4.69, 9.17) is 0 Å². The summed E-state index contributed by atoms with van der Waals surface area (Å²) in [6.45, 7) is 3.92. The highest BCUT2D eigenvalue weighted by molar-refractivity contribution is 7.09. The second kappa shape index (κ2) is 7.74. The normalized spacial score (nSPS) is 10.5. The molecule has 2 N–H and O–H groups in total. The Morgan fingerprint density at radius 3 is 2.48 bits per heavy atom. The van der Waals surface area contributed by atoms with Crippen LogP contribution in [0.4, 0.5) is 10.8 Å². The topological polar surface area (TPSA) is 49.8 Å². The minimum absolute atomic E-state index is 0.748. The third kappa shape index (κ3) is 4.29. The number of hydrogen-bond acceptors (Lipinski definition) is 5. The first-order valence-corrected chi connectivity index (χ1v) is 8.58. The van der Waals surface area contributed by atoms with Gasteiger partial charge in [0.15, 0.2) is 5.82 Å². The fraction of sp³-hybridized carbons (Fsp3) is 0.222. The fourth-order valence-corrected chi connectivity index (χ4v) is 2.77. The van der Waals surface area contributed by atoms with Crippen molar-refractivity contribution in [2.45, 2.75) is 19.9 Å². The Bertz CT molecular complexity index is 722. The second-order valence-electron chi connectivity index (χ2n) is 5.27. The first kappa shape index (κ1) is 15.5. The van der Waals surface area contributed by atoms with E-state index in [1.54, 1.807) is 0 Å². The highest BCUT2D eigenvalue weighted by Gasteiger charge is 2.05. The molecular formula is C18H20N4S. The van der Waals surface area contributed by atoms with Crippen molar-refractivity contribution in [1.82, 2.24) is 9.36 Å². The Kier molecular flexibility index (Phi) is 5.21. The zero-order chi connectivity index (χ0) is 15.9. The third-order valence-electron chi connectivity index (χ3n) is 3.43. The Labute approximate surface area is 140 Å². The molecule has 0 radical (unpaired) electrons. The van der Waals surface area contributed by atoms with Gasteiger partial charge in [0.25, 0.3) is 0 Å². The molecular weight excluding hydrogens is 304 g/mol. The Morgan fingerprint density at radius 2 is 1.74 bits per heavy atom. The van der Waals surface area contributed by atoms with Crippen LogP contribution >= 0.6 is 11.5 Å². The number of rotatable bonds is 7. The lowest BCUT2D eigenvalue weighted by molar-refractivity contribution is 0.979. The van der Waals surface area contributed by atoms with Gasteiger partial charge in [-0.25, -0.2) is 0 Å². The summed E-state index contributed by atoms with van der Waals surface area (Å²) in [4.78, 5) is 4.54. The summed E-state index contributed by atoms with van der Waals surface area (Å²) in [6, 6.07) is 18.5. The molecule has 0 bridgehead atoms. The van der Waals surface area contributed by atoms with Crippen molar-refractivity contribution in [1.29, 1.82) is 0 Å². The molecule has 0 spiro atoms. The van der Waals surface area contributed by atoms with E-state index in [0.29, 0.717) is 0 Å². The van der Waals surface area contributed by atoms with Crippen molar-refractivity contribution in [2.75, 3.05) is 17.2 Å². The molecule has 1 aromatic heterocycles. The van der Waals surface area contributed by atoms with Crippen LogP contribution in [0.5, 0.6) is 0 Å². The molecule has 0 aliphatic carbocycles. The van der Waals surface area contributed by atoms with Gasteiger partial charge in [-0.2, -0.15) is 9.36 Å². The number of nitrogens with zero attached hydrogens (tertiary/aromatic N) is 2. The molecule has 2 aromatic carbocycles. The van der Waals surface area contributed by atoms with E-state index in [1.165, 1.54) is 17.1 Å². The number of hydrogen-bond donors (Lipinski definition) is 2. The van der Waals surface area contributed by atoms with Gasteiger partial charge < -0.3 is 10.6 Å². The van der Waals surface area contributed by atoms with E-state index in [1.807, 2.05) is 30.3 Å². The van der Waals surface area contributed by atoms with E-state index >= 15 is 0 Å². The quantitative estimate of drug-likeness (QED) is 0.665. The van der Waals surface area contributed by atoms with Crippen molar-refractivity contribution < 1.29 is 0 Å². The smallest absolute Gasteiger partial charge is 0.203 e. The summed E-state index contributed by atoms with van der Waals surface area (Å²) >= 11 is 1.39. The lowest BCUT2D eigenvalue weighted by atomic mass is 10.2. The first-order valence-electron chi connectivity index (χ1n) is 7.81. The van der Waals surface area contributed by atoms with Gasteiger partial charge in [0.2, 0.25) is 5.13 Å². The fourth-order valence-electron chi connectivity index (χ4n) is 2.19. The van der Waals surface area contributed by atoms with Crippen molar-refractivity contribution in [3.8, 4) is 11.4 Å². The molecule has 0 amide bonds. The number of nitrogens with one attached hydrogen (secondary N) is 2. The van der Waals surface area contributed by atoms with Crippen LogP contribution in [0.2, 0.25) is 0 Å². The van der Waals surface area contributed by atoms with Crippen molar-refractivity contribution in [3.05, 3.63) is 60.2 Å². The summed E-state index contributed by atoms with van der Waals surface area (Å²) in [7, 11) is 0. The van der Waals surface area contributed by atoms with Gasteiger partial charge in [0.1, 0.15) is 0 Å². The van der Waals surface area contributed by atoms with Crippen LogP contribution in [0.15, 0.2) is 54.6 Å². The molecule has 0 saturated heterocycles. The Balaban J connectivity index is 1.57. The molecule has 0 saturated carbocycles. The summed E-state index contributed by atoms with van der Waals surface area (Å²) in [5.74, 6) is 0.775. The molecule has 4 nitrogen and oxygen atoms in total. The molecule has 0 atom stereocenters. The SMILES string of the molecule is CCCNc1ccc(CNc2nc(-c3ccccc3)ns2)cc1. The Morgan fingerprint density at radius 1 is 0.957 bits per heavy atom. The maximum absolute atomic E-state index is 4.54. The van der Waals surface area contributed by atoms with E-state index in [-0.39, 0.29) is 0 Å². The molecule has 5 heteroatoms. The molecule has 0 fully saturated rings. The summed E-state index contributed by atoms with van der Waals surface area (Å²) in [5.41, 5.74) is 3.43. The molecule has 23 heavy (non-hydrogen) atoms. The lowest BCUT2D eigenvalue weighted by Gasteiger charge is -2.06. The van der Waals surface area contributed by atoms with Gasteiger partial charge >= 0.3 is 0 Å². The molecule has 0 aliphatic rings. The molecule has 0 aliphatic heterocycles. The highest BCUT2D eigenvalue weighted by Crippen LogP contribution is 2.21. The number of anilines is 2. The predicted molar refractivity (Wildman–Crippen MR) is 97.9 cm³/mol. The largest absolute Gasteiger partial charge is 0.385 e. The van der Waals surface area contributed by atoms with E-state index in [0.717, 1.165) is 41.7 Å². The molecule has 3 aromatic rings. The molecule has 1 heterocycles. The van der Waals surface area contributed by atoms with Gasteiger partial charge in [-0.3, -0.25) is 0 Å². The summed E-state index contributed by atoms with van der Waals surface area (Å²) in [6.07, 6.45) is 1.13. The number of benzene rings is 2. The van der Waals surface area contributed by atoms with Crippen molar-refractivity contribution >= 4 is 22.4 Å². The van der Waals surface area contributed by atoms with E-state index in [2.05, 4.69) is 51.2 Å². The lowest BCUT2D eigenvalue weighted by Crippen LogP contribution is -2.01. The summed E-state index contributed by atoms with van der Waals surface area (Å²) < 4.78 is 4.40. The van der Waals surface area contributed by atoms with Gasteiger partial charge in [-0.15, -0.1) is 0 Å². The van der Waals surface area contributed by atoms with Gasteiger partial charge in [-0.05, 0) is 24.1 Å². The number of aromatic nitrogens is 2. The monoisotopic (exact) mass is 324 g/mol. The average Bonchev–Trinajstić information content (AvgIpc) is 3.09. The van der Waals surface area contributed by atoms with Gasteiger partial charge in [-0.1, -0.05) is 49.4 Å². The van der Waals surface area contributed by atoms with Crippen LogP contribution in [0.3, 0.4) is 0 Å². The zero-order valence-electron chi connectivity index (χ0n) is 13.1. The van der Waals surface area contributed by atoms with Crippen LogP contribution in [-0.4, -0.2) is 15.9 Å². The van der Waals surface area contributed by atoms with Gasteiger partial charge in [0.05, 0.1) is 0 Å². The third-order valence-corrected chi connectivity index (χ3v) is 4.11. The van der Waals surface area contributed by atoms with Gasteiger partial charge in [0, 0.05) is 35.9 Å². The van der Waals surface area contributed by atoms with Crippen LogP contribution in [-0.2, 0) is 6.54 Å². The maximum atomic E-state index is 4.54. The van der Waals surface area contributed by atoms with Crippen molar-refractivity contribution in [3.63, 3.8) is 0 Å².